The van der Waals surface area contributed by atoms with Gasteiger partial charge >= 0.3 is 5.97 Å². The van der Waals surface area contributed by atoms with Crippen molar-refractivity contribution in [1.29, 1.82) is 0 Å². The highest BCUT2D eigenvalue weighted by Gasteiger charge is 2.29. The predicted molar refractivity (Wildman–Crippen MR) is 77.1 cm³/mol. The van der Waals surface area contributed by atoms with Gasteiger partial charge in [0.2, 0.25) is 0 Å². The first-order chi connectivity index (χ1) is 10.2. The number of hydrogen-bond donors (Lipinski definition) is 2. The van der Waals surface area contributed by atoms with E-state index in [0.717, 1.165) is 27.6 Å². The highest BCUT2D eigenvalue weighted by molar-refractivity contribution is 6.09. The maximum absolute atomic E-state index is 11.1. The predicted octanol–water partition coefficient (Wildman–Crippen LogP) is 1.42. The second-order valence-electron chi connectivity index (χ2n) is 5.26. The molecule has 7 heteroatoms. The summed E-state index contributed by atoms with van der Waals surface area (Å²) in [6, 6.07) is 1.96. The number of pyridine rings is 1. The van der Waals surface area contributed by atoms with Crippen molar-refractivity contribution in [2.24, 2.45) is 5.92 Å². The summed E-state index contributed by atoms with van der Waals surface area (Å²) in [4.78, 5) is 20.5. The summed E-state index contributed by atoms with van der Waals surface area (Å²) in [5.74, 6) is -1.06. The molecule has 0 amide bonds. The molecule has 1 aliphatic rings. The molecule has 0 radical (unpaired) electrons. The van der Waals surface area contributed by atoms with E-state index in [2.05, 4.69) is 25.1 Å². The number of aromatic amines is 1. The van der Waals surface area contributed by atoms with Crippen LogP contribution in [0.15, 0.2) is 24.7 Å². The SMILES string of the molecule is O=C(O)C1CCN(c2cncc3nnc4[nH]ccc4c23)C1. The van der Waals surface area contributed by atoms with Crippen molar-refractivity contribution in [3.05, 3.63) is 24.7 Å². The Balaban J connectivity index is 1.89. The number of H-pyrrole nitrogens is 1. The molecule has 1 aliphatic heterocycles. The van der Waals surface area contributed by atoms with E-state index in [1.807, 2.05) is 12.3 Å². The van der Waals surface area contributed by atoms with Crippen LogP contribution >= 0.6 is 0 Å². The third-order valence-corrected chi connectivity index (χ3v) is 4.04. The fourth-order valence-corrected chi connectivity index (χ4v) is 2.96. The van der Waals surface area contributed by atoms with E-state index in [1.54, 1.807) is 12.4 Å². The van der Waals surface area contributed by atoms with Crippen molar-refractivity contribution < 1.29 is 9.90 Å². The molecule has 1 saturated heterocycles. The Morgan fingerprint density at radius 1 is 1.38 bits per heavy atom. The monoisotopic (exact) mass is 283 g/mol. The zero-order valence-electron chi connectivity index (χ0n) is 11.2. The zero-order chi connectivity index (χ0) is 14.4. The summed E-state index contributed by atoms with van der Waals surface area (Å²) >= 11 is 0. The minimum absolute atomic E-state index is 0.322. The molecule has 3 aromatic heterocycles. The van der Waals surface area contributed by atoms with E-state index >= 15 is 0 Å². The molecule has 4 rings (SSSR count). The van der Waals surface area contributed by atoms with Crippen molar-refractivity contribution in [1.82, 2.24) is 20.2 Å². The summed E-state index contributed by atoms with van der Waals surface area (Å²) in [6.07, 6.45) is 5.94. The number of rotatable bonds is 2. The van der Waals surface area contributed by atoms with Gasteiger partial charge in [0.1, 0.15) is 5.52 Å². The van der Waals surface area contributed by atoms with Crippen LogP contribution in [-0.2, 0) is 4.79 Å². The van der Waals surface area contributed by atoms with Crippen molar-refractivity contribution in [3.8, 4) is 0 Å². The lowest BCUT2D eigenvalue weighted by Gasteiger charge is -2.19. The van der Waals surface area contributed by atoms with Crippen LogP contribution in [0.4, 0.5) is 5.69 Å². The van der Waals surface area contributed by atoms with Gasteiger partial charge in [-0.1, -0.05) is 0 Å². The maximum Gasteiger partial charge on any atom is 0.308 e. The average Bonchev–Trinajstić information content (AvgIpc) is 3.15. The lowest BCUT2D eigenvalue weighted by Crippen LogP contribution is -2.23. The van der Waals surface area contributed by atoms with Gasteiger partial charge in [-0.05, 0) is 12.5 Å². The molecule has 21 heavy (non-hydrogen) atoms. The lowest BCUT2D eigenvalue weighted by molar-refractivity contribution is -0.140. The van der Waals surface area contributed by atoms with E-state index in [-0.39, 0.29) is 5.92 Å². The Kier molecular flexibility index (Phi) is 2.53. The fraction of sp³-hybridized carbons (Fsp3) is 0.286. The number of nitrogens with one attached hydrogen (secondary N) is 1. The minimum Gasteiger partial charge on any atom is -0.481 e. The number of fused-ring (bicyclic) bond motifs is 3. The van der Waals surface area contributed by atoms with Crippen LogP contribution in [0.25, 0.3) is 21.9 Å². The number of anilines is 1. The lowest BCUT2D eigenvalue weighted by atomic mass is 10.1. The molecule has 7 nitrogen and oxygen atoms in total. The van der Waals surface area contributed by atoms with Crippen LogP contribution in [0, 0.1) is 5.92 Å². The third-order valence-electron chi connectivity index (χ3n) is 4.04. The molecule has 0 saturated carbocycles. The van der Waals surface area contributed by atoms with Crippen molar-refractivity contribution >= 4 is 33.6 Å². The first-order valence-corrected chi connectivity index (χ1v) is 6.79. The van der Waals surface area contributed by atoms with Crippen LogP contribution in [0.3, 0.4) is 0 Å². The number of nitrogens with zero attached hydrogens (tertiary/aromatic N) is 4. The van der Waals surface area contributed by atoms with Gasteiger partial charge < -0.3 is 15.0 Å². The first-order valence-electron chi connectivity index (χ1n) is 6.79. The minimum atomic E-state index is -0.739. The Hall–Kier alpha value is -2.70. The van der Waals surface area contributed by atoms with Crippen LogP contribution in [0.5, 0.6) is 0 Å². The normalized spacial score (nSPS) is 18.7. The number of hydrogen-bond acceptors (Lipinski definition) is 5. The molecule has 4 heterocycles. The second-order valence-corrected chi connectivity index (χ2v) is 5.26. The topological polar surface area (TPSA) is 95.0 Å². The van der Waals surface area contributed by atoms with Crippen LogP contribution in [-0.4, -0.2) is 44.3 Å². The van der Waals surface area contributed by atoms with E-state index in [1.165, 1.54) is 0 Å². The molecule has 2 N–H and O–H groups in total. The van der Waals surface area contributed by atoms with Gasteiger partial charge in [-0.3, -0.25) is 9.78 Å². The number of carboxylic acids is 1. The molecule has 1 fully saturated rings. The highest BCUT2D eigenvalue weighted by atomic mass is 16.4. The van der Waals surface area contributed by atoms with Gasteiger partial charge in [0.15, 0.2) is 5.65 Å². The van der Waals surface area contributed by atoms with Crippen LogP contribution < -0.4 is 4.90 Å². The zero-order valence-corrected chi connectivity index (χ0v) is 11.2. The Morgan fingerprint density at radius 3 is 3.10 bits per heavy atom. The number of carbonyl (C=O) groups is 1. The van der Waals surface area contributed by atoms with Gasteiger partial charge in [-0.2, -0.15) is 0 Å². The molecule has 3 aromatic rings. The van der Waals surface area contributed by atoms with Gasteiger partial charge in [-0.25, -0.2) is 0 Å². The Bertz CT molecular complexity index is 844. The van der Waals surface area contributed by atoms with Gasteiger partial charge in [0.05, 0.1) is 24.0 Å². The Morgan fingerprint density at radius 2 is 2.29 bits per heavy atom. The molecule has 0 aliphatic carbocycles. The molecule has 0 spiro atoms. The number of aliphatic carboxylic acids is 1. The summed E-state index contributed by atoms with van der Waals surface area (Å²) in [5, 5.41) is 19.4. The molecule has 106 valence electrons. The molecule has 0 aromatic carbocycles. The van der Waals surface area contributed by atoms with Crippen molar-refractivity contribution in [2.75, 3.05) is 18.0 Å². The van der Waals surface area contributed by atoms with E-state index < -0.39 is 5.97 Å². The molecule has 1 unspecified atom stereocenters. The average molecular weight is 283 g/mol. The number of aromatic nitrogens is 4. The first kappa shape index (κ1) is 12.1. The highest BCUT2D eigenvalue weighted by Crippen LogP contribution is 2.33. The van der Waals surface area contributed by atoms with Crippen molar-refractivity contribution in [2.45, 2.75) is 6.42 Å². The summed E-state index contributed by atoms with van der Waals surface area (Å²) in [5.41, 5.74) is 2.37. The molecule has 0 bridgehead atoms. The summed E-state index contributed by atoms with van der Waals surface area (Å²) in [6.45, 7) is 1.22. The smallest absolute Gasteiger partial charge is 0.308 e. The van der Waals surface area contributed by atoms with Crippen molar-refractivity contribution in [3.63, 3.8) is 0 Å². The molecule has 1 atom stereocenters. The van der Waals surface area contributed by atoms with Gasteiger partial charge in [0, 0.05) is 30.1 Å². The van der Waals surface area contributed by atoms with Gasteiger partial charge in [0.25, 0.3) is 0 Å². The summed E-state index contributed by atoms with van der Waals surface area (Å²) < 4.78 is 0. The van der Waals surface area contributed by atoms with E-state index in [4.69, 9.17) is 5.11 Å². The fourth-order valence-electron chi connectivity index (χ4n) is 2.96. The van der Waals surface area contributed by atoms with E-state index in [0.29, 0.717) is 19.5 Å². The Labute approximate surface area is 119 Å². The molecular formula is C14H13N5O2. The summed E-state index contributed by atoms with van der Waals surface area (Å²) in [7, 11) is 0. The van der Waals surface area contributed by atoms with Crippen LogP contribution in [0.1, 0.15) is 6.42 Å². The largest absolute Gasteiger partial charge is 0.481 e. The second kappa shape index (κ2) is 4.41. The quantitative estimate of drug-likeness (QED) is 0.738. The third kappa shape index (κ3) is 1.81. The van der Waals surface area contributed by atoms with E-state index in [9.17, 15) is 4.79 Å². The molecular weight excluding hydrogens is 270 g/mol. The number of carboxylic acid groups (broad SMARTS) is 1. The van der Waals surface area contributed by atoms with Crippen LogP contribution in [0.2, 0.25) is 0 Å². The standard InChI is InChI=1S/C14H13N5O2/c20-14(21)8-2-4-19(7-8)11-6-15-5-10-12(11)9-1-3-16-13(9)18-17-10/h1,3,5-6,8H,2,4,7H2,(H,16,18)(H,20,21). The van der Waals surface area contributed by atoms with Gasteiger partial charge in [-0.15, -0.1) is 10.2 Å². The maximum atomic E-state index is 11.1.